The summed E-state index contributed by atoms with van der Waals surface area (Å²) < 4.78 is 27.3. The van der Waals surface area contributed by atoms with Crippen LogP contribution in [0.15, 0.2) is 16.3 Å². The number of thiophene rings is 1. The van der Waals surface area contributed by atoms with E-state index in [9.17, 15) is 8.42 Å². The largest absolute Gasteiger partial charge is 0.316 e. The molecule has 0 amide bonds. The molecule has 4 nitrogen and oxygen atoms in total. The van der Waals surface area contributed by atoms with Crippen LogP contribution in [0, 0.1) is 0 Å². The first-order chi connectivity index (χ1) is 9.59. The van der Waals surface area contributed by atoms with E-state index in [4.69, 9.17) is 0 Å². The van der Waals surface area contributed by atoms with Gasteiger partial charge in [-0.1, -0.05) is 13.8 Å². The maximum atomic E-state index is 12.6. The van der Waals surface area contributed by atoms with E-state index in [-0.39, 0.29) is 6.04 Å². The van der Waals surface area contributed by atoms with Gasteiger partial charge in [0.2, 0.25) is 0 Å². The second kappa shape index (κ2) is 7.02. The van der Waals surface area contributed by atoms with Crippen molar-refractivity contribution in [3.63, 3.8) is 0 Å². The van der Waals surface area contributed by atoms with Gasteiger partial charge in [0.15, 0.2) is 0 Å². The molecule has 1 aromatic rings. The van der Waals surface area contributed by atoms with Crippen molar-refractivity contribution < 1.29 is 8.42 Å². The fourth-order valence-electron chi connectivity index (χ4n) is 2.25. The number of hydrogen-bond donors (Lipinski definition) is 1. The molecule has 2 rings (SSSR count). The van der Waals surface area contributed by atoms with Crippen molar-refractivity contribution in [2.75, 3.05) is 19.6 Å². The Bertz CT molecular complexity index is 521. The van der Waals surface area contributed by atoms with Crippen molar-refractivity contribution in [3.05, 3.63) is 17.0 Å². The third-order valence-corrected chi connectivity index (χ3v) is 7.08. The van der Waals surface area contributed by atoms with Gasteiger partial charge in [0, 0.05) is 17.5 Å². The average Bonchev–Trinajstić information content (AvgIpc) is 3.12. The molecule has 0 unspecified atom stereocenters. The summed E-state index contributed by atoms with van der Waals surface area (Å²) in [6.07, 6.45) is 4.03. The van der Waals surface area contributed by atoms with Crippen molar-refractivity contribution in [2.45, 2.75) is 49.8 Å². The van der Waals surface area contributed by atoms with E-state index >= 15 is 0 Å². The summed E-state index contributed by atoms with van der Waals surface area (Å²) in [4.78, 5) is 1.14. The topological polar surface area (TPSA) is 49.4 Å². The Morgan fingerprint density at radius 1 is 1.30 bits per heavy atom. The molecular weight excluding hydrogens is 292 g/mol. The number of nitrogens with one attached hydrogen (secondary N) is 1. The summed E-state index contributed by atoms with van der Waals surface area (Å²) >= 11 is 1.42. The van der Waals surface area contributed by atoms with E-state index in [0.717, 1.165) is 43.6 Å². The van der Waals surface area contributed by atoms with Gasteiger partial charge in [-0.3, -0.25) is 0 Å². The van der Waals surface area contributed by atoms with E-state index in [1.54, 1.807) is 10.4 Å². The van der Waals surface area contributed by atoms with E-state index in [2.05, 4.69) is 12.2 Å². The number of rotatable bonds is 9. The van der Waals surface area contributed by atoms with Gasteiger partial charge >= 0.3 is 0 Å². The molecule has 0 radical (unpaired) electrons. The molecule has 0 aromatic carbocycles. The molecule has 114 valence electrons. The van der Waals surface area contributed by atoms with Gasteiger partial charge in [0.05, 0.1) is 0 Å². The molecule has 0 saturated heterocycles. The minimum absolute atomic E-state index is 0.238. The molecule has 0 bridgehead atoms. The Hall–Kier alpha value is -0.430. The molecular formula is C14H24N2O2S2. The highest BCUT2D eigenvalue weighted by Crippen LogP contribution is 2.34. The Labute approximate surface area is 126 Å². The molecule has 0 spiro atoms. The SMILES string of the molecule is CCCNCCc1ccc(S(=O)(=O)N(CC)C2CC2)s1. The van der Waals surface area contributed by atoms with Crippen LogP contribution >= 0.6 is 11.3 Å². The molecule has 1 N–H and O–H groups in total. The summed E-state index contributed by atoms with van der Waals surface area (Å²) in [6.45, 7) is 6.55. The quantitative estimate of drug-likeness (QED) is 0.712. The molecule has 1 heterocycles. The molecule has 1 aliphatic rings. The number of hydrogen-bond acceptors (Lipinski definition) is 4. The van der Waals surface area contributed by atoms with Crippen LogP contribution in [0.25, 0.3) is 0 Å². The summed E-state index contributed by atoms with van der Waals surface area (Å²) in [5.41, 5.74) is 0. The Balaban J connectivity index is 1.99. The van der Waals surface area contributed by atoms with Crippen molar-refractivity contribution in [3.8, 4) is 0 Å². The molecule has 0 aliphatic heterocycles. The molecule has 1 aliphatic carbocycles. The second-order valence-corrected chi connectivity index (χ2v) is 8.45. The van der Waals surface area contributed by atoms with E-state index in [0.29, 0.717) is 10.8 Å². The first-order valence-electron chi connectivity index (χ1n) is 7.40. The van der Waals surface area contributed by atoms with E-state index < -0.39 is 10.0 Å². The van der Waals surface area contributed by atoms with Gasteiger partial charge in [-0.2, -0.15) is 4.31 Å². The zero-order valence-electron chi connectivity index (χ0n) is 12.3. The number of sulfonamides is 1. The fraction of sp³-hybridized carbons (Fsp3) is 0.714. The van der Waals surface area contributed by atoms with Crippen LogP contribution < -0.4 is 5.32 Å². The normalized spacial score (nSPS) is 15.9. The third-order valence-electron chi connectivity index (χ3n) is 3.44. The Morgan fingerprint density at radius 2 is 2.05 bits per heavy atom. The zero-order valence-corrected chi connectivity index (χ0v) is 13.9. The Kier molecular flexibility index (Phi) is 5.60. The van der Waals surface area contributed by atoms with Gasteiger partial charge in [0.1, 0.15) is 4.21 Å². The van der Waals surface area contributed by atoms with Crippen LogP contribution in [0.2, 0.25) is 0 Å². The third kappa shape index (κ3) is 3.81. The van der Waals surface area contributed by atoms with Gasteiger partial charge < -0.3 is 5.32 Å². The van der Waals surface area contributed by atoms with Crippen LogP contribution in [0.1, 0.15) is 38.0 Å². The minimum Gasteiger partial charge on any atom is -0.316 e. The standard InChI is InChI=1S/C14H24N2O2S2/c1-3-10-15-11-9-13-7-8-14(19-13)20(17,18)16(4-2)12-5-6-12/h7-8,12,15H,3-6,9-11H2,1-2H3. The van der Waals surface area contributed by atoms with E-state index in [1.165, 1.54) is 11.3 Å². The van der Waals surface area contributed by atoms with Crippen LogP contribution in [-0.4, -0.2) is 38.4 Å². The molecule has 0 atom stereocenters. The summed E-state index contributed by atoms with van der Waals surface area (Å²) in [5.74, 6) is 0. The smallest absolute Gasteiger partial charge is 0.252 e. The lowest BCUT2D eigenvalue weighted by atomic mass is 10.3. The summed E-state index contributed by atoms with van der Waals surface area (Å²) in [5, 5.41) is 3.34. The molecule has 1 aromatic heterocycles. The lowest BCUT2D eigenvalue weighted by Crippen LogP contribution is -2.32. The maximum absolute atomic E-state index is 12.6. The van der Waals surface area contributed by atoms with Crippen LogP contribution in [0.3, 0.4) is 0 Å². The minimum atomic E-state index is -3.27. The first kappa shape index (κ1) is 15.9. The highest BCUT2D eigenvalue weighted by atomic mass is 32.2. The average molecular weight is 316 g/mol. The van der Waals surface area contributed by atoms with Gasteiger partial charge in [-0.25, -0.2) is 8.42 Å². The van der Waals surface area contributed by atoms with E-state index in [1.807, 2.05) is 13.0 Å². The van der Waals surface area contributed by atoms with Gasteiger partial charge in [-0.05, 0) is 50.9 Å². The fourth-order valence-corrected chi connectivity index (χ4v) is 5.43. The molecule has 6 heteroatoms. The summed E-state index contributed by atoms with van der Waals surface area (Å²) in [6, 6.07) is 3.95. The highest BCUT2D eigenvalue weighted by molar-refractivity contribution is 7.91. The van der Waals surface area contributed by atoms with Crippen LogP contribution in [0.5, 0.6) is 0 Å². The lowest BCUT2D eigenvalue weighted by Gasteiger charge is -2.18. The first-order valence-corrected chi connectivity index (χ1v) is 9.66. The summed E-state index contributed by atoms with van der Waals surface area (Å²) in [7, 11) is -3.27. The monoisotopic (exact) mass is 316 g/mol. The predicted octanol–water partition coefficient (Wildman–Crippen LogP) is 2.46. The van der Waals surface area contributed by atoms with Crippen molar-refractivity contribution in [1.82, 2.24) is 9.62 Å². The number of nitrogens with zero attached hydrogens (tertiary/aromatic N) is 1. The highest BCUT2D eigenvalue weighted by Gasteiger charge is 2.37. The predicted molar refractivity (Wildman–Crippen MR) is 83.8 cm³/mol. The molecule has 1 saturated carbocycles. The van der Waals surface area contributed by atoms with Crippen molar-refractivity contribution >= 4 is 21.4 Å². The molecule has 20 heavy (non-hydrogen) atoms. The zero-order chi connectivity index (χ0) is 14.6. The van der Waals surface area contributed by atoms with Crippen LogP contribution in [0.4, 0.5) is 0 Å². The van der Waals surface area contributed by atoms with Crippen molar-refractivity contribution in [2.24, 2.45) is 0 Å². The lowest BCUT2D eigenvalue weighted by molar-refractivity contribution is 0.422. The second-order valence-electron chi connectivity index (χ2n) is 5.16. The van der Waals surface area contributed by atoms with Crippen molar-refractivity contribution in [1.29, 1.82) is 0 Å². The van der Waals surface area contributed by atoms with Crippen LogP contribution in [-0.2, 0) is 16.4 Å². The van der Waals surface area contributed by atoms with Gasteiger partial charge in [-0.15, -0.1) is 11.3 Å². The Morgan fingerprint density at radius 3 is 2.65 bits per heavy atom. The molecule has 1 fully saturated rings. The maximum Gasteiger partial charge on any atom is 0.252 e. The van der Waals surface area contributed by atoms with Gasteiger partial charge in [0.25, 0.3) is 10.0 Å².